The molecule has 1 aliphatic heterocycles. The van der Waals surface area contributed by atoms with E-state index < -0.39 is 14.9 Å². The molecular weight excluding hydrogens is 346 g/mol. The molecule has 0 N–H and O–H groups in total. The van der Waals surface area contributed by atoms with Gasteiger partial charge in [0, 0.05) is 26.2 Å². The smallest absolute Gasteiger partial charge is 0.282 e. The van der Waals surface area contributed by atoms with E-state index in [-0.39, 0.29) is 5.69 Å². The van der Waals surface area contributed by atoms with E-state index >= 15 is 0 Å². The van der Waals surface area contributed by atoms with E-state index in [1.807, 2.05) is 11.8 Å². The summed E-state index contributed by atoms with van der Waals surface area (Å²) in [7, 11) is -3.49. The highest BCUT2D eigenvalue weighted by Crippen LogP contribution is 2.18. The highest BCUT2D eigenvalue weighted by Gasteiger charge is 2.28. The van der Waals surface area contributed by atoms with Crippen molar-refractivity contribution in [2.45, 2.75) is 18.5 Å². The Morgan fingerprint density at radius 1 is 1.16 bits per heavy atom. The molecule has 1 aromatic heterocycles. The number of nitro groups is 1. The van der Waals surface area contributed by atoms with Crippen LogP contribution in [0.5, 0.6) is 0 Å². The van der Waals surface area contributed by atoms with Crippen LogP contribution in [0, 0.1) is 17.0 Å². The normalized spacial score (nSPS) is 16.8. The van der Waals surface area contributed by atoms with Gasteiger partial charge in [0.05, 0.1) is 16.5 Å². The molecule has 0 bridgehead atoms. The van der Waals surface area contributed by atoms with Crippen molar-refractivity contribution >= 4 is 15.7 Å². The lowest BCUT2D eigenvalue weighted by atomic mass is 10.2. The van der Waals surface area contributed by atoms with E-state index in [0.29, 0.717) is 37.7 Å². The standard InChI is InChI=1S/C15H19N5O4S/c1-13-2-4-15(5-3-13)25(23,24)19-8-6-17(7-9-19)12-18-11-14(10-16-18)20(21)22/h2-5,10-11H,6-9,12H2,1H3. The number of sulfonamides is 1. The molecule has 1 aliphatic rings. The van der Waals surface area contributed by atoms with Crippen LogP contribution in [-0.2, 0) is 16.7 Å². The van der Waals surface area contributed by atoms with Gasteiger partial charge in [0.25, 0.3) is 0 Å². The second kappa shape index (κ2) is 6.90. The van der Waals surface area contributed by atoms with Crippen LogP contribution in [0.15, 0.2) is 41.6 Å². The number of aryl methyl sites for hydroxylation is 1. The van der Waals surface area contributed by atoms with Crippen molar-refractivity contribution in [3.05, 3.63) is 52.3 Å². The van der Waals surface area contributed by atoms with Gasteiger partial charge in [-0.25, -0.2) is 8.42 Å². The number of rotatable bonds is 5. The van der Waals surface area contributed by atoms with Crippen LogP contribution in [0.1, 0.15) is 5.56 Å². The second-order valence-electron chi connectivity index (χ2n) is 5.97. The van der Waals surface area contributed by atoms with E-state index in [9.17, 15) is 18.5 Å². The summed E-state index contributed by atoms with van der Waals surface area (Å²) in [5, 5.41) is 14.6. The highest BCUT2D eigenvalue weighted by atomic mass is 32.2. The molecule has 2 aromatic rings. The molecule has 134 valence electrons. The first-order valence-electron chi connectivity index (χ1n) is 7.82. The first-order chi connectivity index (χ1) is 11.9. The predicted octanol–water partition coefficient (Wildman–Crippen LogP) is 1.06. The zero-order chi connectivity index (χ0) is 18.0. The lowest BCUT2D eigenvalue weighted by Crippen LogP contribution is -2.48. The van der Waals surface area contributed by atoms with Crippen molar-refractivity contribution in [1.29, 1.82) is 0 Å². The topological polar surface area (TPSA) is 102 Å². The molecule has 0 spiro atoms. The third kappa shape index (κ3) is 3.86. The fraction of sp³-hybridized carbons (Fsp3) is 0.400. The minimum atomic E-state index is -3.49. The largest absolute Gasteiger partial charge is 0.307 e. The maximum Gasteiger partial charge on any atom is 0.307 e. The first kappa shape index (κ1) is 17.5. The highest BCUT2D eigenvalue weighted by molar-refractivity contribution is 7.89. The Bertz CT molecular complexity index is 854. The number of piperazine rings is 1. The van der Waals surface area contributed by atoms with Gasteiger partial charge in [-0.3, -0.25) is 19.7 Å². The van der Waals surface area contributed by atoms with E-state index in [4.69, 9.17) is 0 Å². The Morgan fingerprint density at radius 3 is 2.36 bits per heavy atom. The molecule has 9 nitrogen and oxygen atoms in total. The summed E-state index contributed by atoms with van der Waals surface area (Å²) in [4.78, 5) is 12.5. The summed E-state index contributed by atoms with van der Waals surface area (Å²) in [5.41, 5.74) is 0.956. The van der Waals surface area contributed by atoms with Crippen LogP contribution in [-0.4, -0.2) is 58.5 Å². The van der Waals surface area contributed by atoms with E-state index in [0.717, 1.165) is 5.56 Å². The van der Waals surface area contributed by atoms with Crippen LogP contribution in [0.25, 0.3) is 0 Å². The Morgan fingerprint density at radius 2 is 1.80 bits per heavy atom. The molecule has 10 heteroatoms. The molecule has 0 unspecified atom stereocenters. The molecule has 1 aromatic carbocycles. The first-order valence-corrected chi connectivity index (χ1v) is 9.26. The fourth-order valence-electron chi connectivity index (χ4n) is 2.70. The number of hydrogen-bond acceptors (Lipinski definition) is 6. The number of aromatic nitrogens is 2. The number of nitrogens with zero attached hydrogens (tertiary/aromatic N) is 5. The molecule has 3 rings (SSSR count). The molecule has 0 atom stereocenters. The van der Waals surface area contributed by atoms with Gasteiger partial charge >= 0.3 is 5.69 Å². The number of hydrogen-bond donors (Lipinski definition) is 0. The summed E-state index contributed by atoms with van der Waals surface area (Å²) >= 11 is 0. The van der Waals surface area contributed by atoms with E-state index in [1.54, 1.807) is 24.3 Å². The third-order valence-corrected chi connectivity index (χ3v) is 6.08. The van der Waals surface area contributed by atoms with Crippen molar-refractivity contribution in [3.63, 3.8) is 0 Å². The average molecular weight is 365 g/mol. The molecule has 0 radical (unpaired) electrons. The molecule has 25 heavy (non-hydrogen) atoms. The van der Waals surface area contributed by atoms with Gasteiger partial charge in [0.2, 0.25) is 10.0 Å². The molecule has 0 amide bonds. The van der Waals surface area contributed by atoms with Crippen LogP contribution in [0.2, 0.25) is 0 Å². The van der Waals surface area contributed by atoms with Crippen molar-refractivity contribution in [2.24, 2.45) is 0 Å². The molecule has 0 saturated carbocycles. The van der Waals surface area contributed by atoms with Crippen LogP contribution < -0.4 is 0 Å². The summed E-state index contributed by atoms with van der Waals surface area (Å²) in [6, 6.07) is 6.82. The average Bonchev–Trinajstić information content (AvgIpc) is 3.04. The summed E-state index contributed by atoms with van der Waals surface area (Å²) in [6.45, 7) is 4.14. The summed E-state index contributed by atoms with van der Waals surface area (Å²) in [6.07, 6.45) is 2.58. The Labute approximate surface area is 145 Å². The van der Waals surface area contributed by atoms with Crippen molar-refractivity contribution in [1.82, 2.24) is 19.0 Å². The maximum atomic E-state index is 12.7. The fourth-order valence-corrected chi connectivity index (χ4v) is 4.12. The van der Waals surface area contributed by atoms with Gasteiger partial charge < -0.3 is 0 Å². The third-order valence-electron chi connectivity index (χ3n) is 4.17. The predicted molar refractivity (Wildman–Crippen MR) is 90.4 cm³/mol. The van der Waals surface area contributed by atoms with Gasteiger partial charge in [-0.1, -0.05) is 17.7 Å². The monoisotopic (exact) mass is 365 g/mol. The van der Waals surface area contributed by atoms with Crippen molar-refractivity contribution < 1.29 is 13.3 Å². The van der Waals surface area contributed by atoms with Gasteiger partial charge in [-0.05, 0) is 19.1 Å². The molecule has 1 saturated heterocycles. The second-order valence-corrected chi connectivity index (χ2v) is 7.91. The zero-order valence-corrected chi connectivity index (χ0v) is 14.6. The number of benzene rings is 1. The Balaban J connectivity index is 1.61. The van der Waals surface area contributed by atoms with Gasteiger partial charge in [-0.15, -0.1) is 0 Å². The van der Waals surface area contributed by atoms with Crippen LogP contribution in [0.4, 0.5) is 5.69 Å². The Hall–Kier alpha value is -2.30. The quantitative estimate of drug-likeness (QED) is 0.580. The molecule has 2 heterocycles. The van der Waals surface area contributed by atoms with Crippen LogP contribution >= 0.6 is 0 Å². The summed E-state index contributed by atoms with van der Waals surface area (Å²) < 4.78 is 28.3. The minimum absolute atomic E-state index is 0.0550. The van der Waals surface area contributed by atoms with E-state index in [2.05, 4.69) is 5.10 Å². The lowest BCUT2D eigenvalue weighted by Gasteiger charge is -2.33. The molecule has 1 fully saturated rings. The van der Waals surface area contributed by atoms with Gasteiger partial charge in [0.1, 0.15) is 12.4 Å². The SMILES string of the molecule is Cc1ccc(S(=O)(=O)N2CCN(Cn3cc([N+](=O)[O-])cn3)CC2)cc1. The van der Waals surface area contributed by atoms with Crippen molar-refractivity contribution in [2.75, 3.05) is 26.2 Å². The molecule has 0 aliphatic carbocycles. The van der Waals surface area contributed by atoms with Gasteiger partial charge in [-0.2, -0.15) is 9.40 Å². The van der Waals surface area contributed by atoms with Crippen LogP contribution in [0.3, 0.4) is 0 Å². The van der Waals surface area contributed by atoms with Crippen molar-refractivity contribution in [3.8, 4) is 0 Å². The summed E-state index contributed by atoms with van der Waals surface area (Å²) in [5.74, 6) is 0. The van der Waals surface area contributed by atoms with E-state index in [1.165, 1.54) is 21.4 Å². The lowest BCUT2D eigenvalue weighted by molar-refractivity contribution is -0.385. The Kier molecular flexibility index (Phi) is 4.84. The zero-order valence-electron chi connectivity index (χ0n) is 13.8. The minimum Gasteiger partial charge on any atom is -0.282 e. The molecular formula is C15H19N5O4S. The maximum absolute atomic E-state index is 12.7. The van der Waals surface area contributed by atoms with Gasteiger partial charge in [0.15, 0.2) is 0 Å².